The summed E-state index contributed by atoms with van der Waals surface area (Å²) < 4.78 is 59.0. The fourth-order valence-electron chi connectivity index (χ4n) is 2.97. The van der Waals surface area contributed by atoms with Crippen LogP contribution in [0.5, 0.6) is 0 Å². The molecule has 0 aromatic heterocycles. The quantitative estimate of drug-likeness (QED) is 0.618. The van der Waals surface area contributed by atoms with E-state index in [1.54, 1.807) is 0 Å². The molecule has 0 bridgehead atoms. The standard InChI is InChI=1S/C19H18BrF2NO4S/c20-15-3-1-13(2-4-15)12-27-19(24)14-7-9-23(10-8-14)28(25,26)16-5-6-17(21)18(22)11-16/h1-6,11,14H,7-10,12H2. The van der Waals surface area contributed by atoms with Gasteiger partial charge >= 0.3 is 5.97 Å². The molecule has 1 aliphatic rings. The molecule has 0 amide bonds. The predicted octanol–water partition coefficient (Wildman–Crippen LogP) is 3.87. The van der Waals surface area contributed by atoms with Crippen molar-refractivity contribution in [1.29, 1.82) is 0 Å². The van der Waals surface area contributed by atoms with Crippen LogP contribution in [0.15, 0.2) is 51.8 Å². The lowest BCUT2D eigenvalue weighted by Gasteiger charge is -2.30. The molecule has 2 aromatic rings. The number of halogens is 3. The van der Waals surface area contributed by atoms with Gasteiger partial charge in [-0.3, -0.25) is 4.79 Å². The van der Waals surface area contributed by atoms with Crippen LogP contribution < -0.4 is 0 Å². The van der Waals surface area contributed by atoms with Crippen molar-refractivity contribution in [2.24, 2.45) is 5.92 Å². The van der Waals surface area contributed by atoms with E-state index in [9.17, 15) is 22.0 Å². The summed E-state index contributed by atoms with van der Waals surface area (Å²) in [4.78, 5) is 12.0. The Kier molecular flexibility index (Phi) is 6.47. The zero-order valence-corrected chi connectivity index (χ0v) is 17.2. The number of esters is 1. The monoisotopic (exact) mass is 473 g/mol. The van der Waals surface area contributed by atoms with Crippen molar-refractivity contribution in [3.63, 3.8) is 0 Å². The van der Waals surface area contributed by atoms with Crippen LogP contribution in [0.2, 0.25) is 0 Å². The molecule has 28 heavy (non-hydrogen) atoms. The molecule has 150 valence electrons. The summed E-state index contributed by atoms with van der Waals surface area (Å²) in [6.07, 6.45) is 0.615. The Morgan fingerprint density at radius 1 is 1.07 bits per heavy atom. The third kappa shape index (κ3) is 4.76. The molecular weight excluding hydrogens is 456 g/mol. The molecular formula is C19H18BrF2NO4S. The third-order valence-corrected chi connectivity index (χ3v) is 7.03. The highest BCUT2D eigenvalue weighted by Gasteiger charge is 2.33. The number of benzene rings is 2. The van der Waals surface area contributed by atoms with Gasteiger partial charge in [-0.25, -0.2) is 17.2 Å². The van der Waals surface area contributed by atoms with Gasteiger partial charge in [-0.2, -0.15) is 4.31 Å². The summed E-state index contributed by atoms with van der Waals surface area (Å²) in [5, 5.41) is 0. The summed E-state index contributed by atoms with van der Waals surface area (Å²) >= 11 is 3.33. The average molecular weight is 474 g/mol. The Bertz CT molecular complexity index is 958. The van der Waals surface area contributed by atoms with Gasteiger partial charge in [0.2, 0.25) is 10.0 Å². The predicted molar refractivity (Wildman–Crippen MR) is 102 cm³/mol. The molecule has 1 heterocycles. The highest BCUT2D eigenvalue weighted by Crippen LogP contribution is 2.26. The highest BCUT2D eigenvalue weighted by atomic mass is 79.9. The third-order valence-electron chi connectivity index (χ3n) is 4.61. The van der Waals surface area contributed by atoms with Crippen LogP contribution in [0, 0.1) is 17.6 Å². The maximum absolute atomic E-state index is 13.4. The number of piperidine rings is 1. The zero-order valence-electron chi connectivity index (χ0n) is 14.8. The summed E-state index contributed by atoms with van der Waals surface area (Å²) in [7, 11) is -3.94. The molecule has 0 spiro atoms. The molecule has 5 nitrogen and oxygen atoms in total. The van der Waals surface area contributed by atoms with E-state index in [1.807, 2.05) is 24.3 Å². The van der Waals surface area contributed by atoms with E-state index in [2.05, 4.69) is 15.9 Å². The van der Waals surface area contributed by atoms with Crippen molar-refractivity contribution in [2.75, 3.05) is 13.1 Å². The molecule has 0 N–H and O–H groups in total. The Morgan fingerprint density at radius 2 is 1.71 bits per heavy atom. The molecule has 1 aliphatic heterocycles. The first-order valence-corrected chi connectivity index (χ1v) is 10.9. The lowest BCUT2D eigenvalue weighted by molar-refractivity contribution is -0.151. The van der Waals surface area contributed by atoms with Crippen LogP contribution in [0.4, 0.5) is 8.78 Å². The number of rotatable bonds is 5. The van der Waals surface area contributed by atoms with Gasteiger partial charge in [0.15, 0.2) is 11.6 Å². The zero-order chi connectivity index (χ0) is 20.3. The van der Waals surface area contributed by atoms with Crippen LogP contribution in [0.25, 0.3) is 0 Å². The minimum absolute atomic E-state index is 0.110. The summed E-state index contributed by atoms with van der Waals surface area (Å²) in [6.45, 7) is 0.373. The fourth-order valence-corrected chi connectivity index (χ4v) is 4.72. The first kappa shape index (κ1) is 20.9. The molecule has 0 radical (unpaired) electrons. The molecule has 3 rings (SSSR count). The van der Waals surface area contributed by atoms with Gasteiger partial charge in [0.05, 0.1) is 10.8 Å². The second-order valence-corrected chi connectivity index (χ2v) is 9.34. The van der Waals surface area contributed by atoms with Gasteiger partial charge in [0.25, 0.3) is 0 Å². The van der Waals surface area contributed by atoms with Crippen LogP contribution >= 0.6 is 15.9 Å². The van der Waals surface area contributed by atoms with Crippen LogP contribution in [0.3, 0.4) is 0 Å². The number of ether oxygens (including phenoxy) is 1. The molecule has 0 aliphatic carbocycles. The van der Waals surface area contributed by atoms with E-state index in [4.69, 9.17) is 4.74 Å². The lowest BCUT2D eigenvalue weighted by Crippen LogP contribution is -2.40. The summed E-state index contributed by atoms with van der Waals surface area (Å²) in [6, 6.07) is 9.88. The number of hydrogen-bond acceptors (Lipinski definition) is 4. The normalized spacial score (nSPS) is 16.1. The molecule has 1 fully saturated rings. The molecule has 2 aromatic carbocycles. The van der Waals surface area contributed by atoms with Crippen molar-refractivity contribution in [2.45, 2.75) is 24.3 Å². The largest absolute Gasteiger partial charge is 0.461 e. The second-order valence-electron chi connectivity index (χ2n) is 6.49. The minimum Gasteiger partial charge on any atom is -0.461 e. The minimum atomic E-state index is -3.94. The Labute approximate surface area is 170 Å². The van der Waals surface area contributed by atoms with Crippen LogP contribution in [-0.4, -0.2) is 31.8 Å². The van der Waals surface area contributed by atoms with E-state index in [0.717, 1.165) is 22.2 Å². The van der Waals surface area contributed by atoms with E-state index in [1.165, 1.54) is 4.31 Å². The Balaban J connectivity index is 1.56. The van der Waals surface area contributed by atoms with Gasteiger partial charge < -0.3 is 4.74 Å². The number of nitrogens with zero attached hydrogens (tertiary/aromatic N) is 1. The summed E-state index contributed by atoms with van der Waals surface area (Å²) in [5.41, 5.74) is 0.856. The number of carbonyl (C=O) groups excluding carboxylic acids is 1. The molecule has 1 saturated heterocycles. The SMILES string of the molecule is O=C(OCc1ccc(Br)cc1)C1CCN(S(=O)(=O)c2ccc(F)c(F)c2)CC1. The maximum atomic E-state index is 13.4. The van der Waals surface area contributed by atoms with Crippen LogP contribution in [0.1, 0.15) is 18.4 Å². The van der Waals surface area contributed by atoms with Crippen molar-refractivity contribution >= 4 is 31.9 Å². The fraction of sp³-hybridized carbons (Fsp3) is 0.316. The van der Waals surface area contributed by atoms with E-state index >= 15 is 0 Å². The van der Waals surface area contributed by atoms with E-state index in [0.29, 0.717) is 18.9 Å². The Hall–Kier alpha value is -1.84. The number of carbonyl (C=O) groups is 1. The Morgan fingerprint density at radius 3 is 2.32 bits per heavy atom. The molecule has 0 atom stereocenters. The van der Waals surface area contributed by atoms with Crippen molar-refractivity contribution in [3.05, 3.63) is 64.1 Å². The lowest BCUT2D eigenvalue weighted by atomic mass is 9.98. The van der Waals surface area contributed by atoms with Crippen molar-refractivity contribution < 1.29 is 26.7 Å². The smallest absolute Gasteiger partial charge is 0.309 e. The summed E-state index contributed by atoms with van der Waals surface area (Å²) in [5.74, 6) is -3.08. The number of sulfonamides is 1. The van der Waals surface area contributed by atoms with Crippen LogP contribution in [-0.2, 0) is 26.2 Å². The van der Waals surface area contributed by atoms with Crippen molar-refractivity contribution in [3.8, 4) is 0 Å². The van der Waals surface area contributed by atoms with E-state index in [-0.39, 0.29) is 30.6 Å². The van der Waals surface area contributed by atoms with Gasteiger partial charge in [0, 0.05) is 17.6 Å². The average Bonchev–Trinajstić information content (AvgIpc) is 2.69. The van der Waals surface area contributed by atoms with Gasteiger partial charge in [-0.1, -0.05) is 28.1 Å². The van der Waals surface area contributed by atoms with Gasteiger partial charge in [-0.15, -0.1) is 0 Å². The van der Waals surface area contributed by atoms with Gasteiger partial charge in [0.1, 0.15) is 6.61 Å². The molecule has 0 unspecified atom stereocenters. The topological polar surface area (TPSA) is 63.7 Å². The highest BCUT2D eigenvalue weighted by molar-refractivity contribution is 9.10. The van der Waals surface area contributed by atoms with Crippen molar-refractivity contribution in [1.82, 2.24) is 4.31 Å². The van der Waals surface area contributed by atoms with E-state index < -0.39 is 27.6 Å². The molecule has 0 saturated carbocycles. The first-order valence-electron chi connectivity index (χ1n) is 8.63. The number of hydrogen-bond donors (Lipinski definition) is 0. The maximum Gasteiger partial charge on any atom is 0.309 e. The first-order chi connectivity index (χ1) is 13.3. The molecule has 9 heteroatoms. The second kappa shape index (κ2) is 8.67. The van der Waals surface area contributed by atoms with Gasteiger partial charge in [-0.05, 0) is 48.7 Å².